The lowest BCUT2D eigenvalue weighted by Gasteiger charge is -2.17. The summed E-state index contributed by atoms with van der Waals surface area (Å²) >= 11 is 3.24. The van der Waals surface area contributed by atoms with Crippen LogP contribution in [0.25, 0.3) is 0 Å². The van der Waals surface area contributed by atoms with Crippen LogP contribution in [-0.2, 0) is 0 Å². The van der Waals surface area contributed by atoms with Crippen molar-refractivity contribution in [2.24, 2.45) is 5.41 Å². The number of carbonyl (C=O) groups excluding carboxylic acids is 1. The van der Waals surface area contributed by atoms with E-state index in [0.717, 1.165) is 10.9 Å². The van der Waals surface area contributed by atoms with Gasteiger partial charge in [0, 0.05) is 10.9 Å². The molecule has 1 aromatic rings. The topological polar surface area (TPSA) is 17.1 Å². The fourth-order valence-corrected chi connectivity index (χ4v) is 1.70. The third-order valence-corrected chi connectivity index (χ3v) is 2.82. The van der Waals surface area contributed by atoms with E-state index < -0.39 is 5.82 Å². The lowest BCUT2D eigenvalue weighted by molar-refractivity contribution is 0.0962. The minimum Gasteiger partial charge on any atom is -0.294 e. The summed E-state index contributed by atoms with van der Waals surface area (Å²) in [6, 6.07) is 4.45. The van der Waals surface area contributed by atoms with Crippen molar-refractivity contribution in [2.75, 3.05) is 0 Å². The Labute approximate surface area is 104 Å². The Morgan fingerprint density at radius 3 is 2.56 bits per heavy atom. The third-order valence-electron chi connectivity index (χ3n) is 2.33. The Balaban J connectivity index is 2.77. The normalized spacial score (nSPS) is 11.6. The number of hydrogen-bond donors (Lipinski definition) is 0. The highest BCUT2D eigenvalue weighted by Gasteiger charge is 2.16. The number of ketones is 1. The second kappa shape index (κ2) is 5.09. The maximum atomic E-state index is 13.4. The lowest BCUT2D eigenvalue weighted by Crippen LogP contribution is -2.10. The molecule has 0 bridgehead atoms. The van der Waals surface area contributed by atoms with Crippen LogP contribution in [0.4, 0.5) is 4.39 Å². The van der Waals surface area contributed by atoms with Crippen molar-refractivity contribution in [3.63, 3.8) is 0 Å². The van der Waals surface area contributed by atoms with Crippen molar-refractivity contribution in [3.05, 3.63) is 34.1 Å². The predicted molar refractivity (Wildman–Crippen MR) is 67.1 cm³/mol. The van der Waals surface area contributed by atoms with Crippen LogP contribution in [0.1, 0.15) is 44.0 Å². The SMILES string of the molecule is CC(C)(C)CCC(=O)c1cc(Br)ccc1F. The lowest BCUT2D eigenvalue weighted by atomic mass is 9.88. The highest BCUT2D eigenvalue weighted by atomic mass is 79.9. The van der Waals surface area contributed by atoms with E-state index in [4.69, 9.17) is 0 Å². The molecular formula is C13H16BrFO. The van der Waals surface area contributed by atoms with Gasteiger partial charge in [0.15, 0.2) is 5.78 Å². The van der Waals surface area contributed by atoms with Gasteiger partial charge in [-0.2, -0.15) is 0 Å². The van der Waals surface area contributed by atoms with E-state index in [9.17, 15) is 9.18 Å². The molecule has 1 aromatic carbocycles. The molecule has 0 aliphatic rings. The van der Waals surface area contributed by atoms with E-state index >= 15 is 0 Å². The van der Waals surface area contributed by atoms with Crippen LogP contribution in [0.3, 0.4) is 0 Å². The summed E-state index contributed by atoms with van der Waals surface area (Å²) in [5.74, 6) is -0.573. The van der Waals surface area contributed by atoms with Gasteiger partial charge in [0.2, 0.25) is 0 Å². The molecule has 0 saturated heterocycles. The Kier molecular flexibility index (Phi) is 4.25. The highest BCUT2D eigenvalue weighted by molar-refractivity contribution is 9.10. The molecule has 16 heavy (non-hydrogen) atoms. The summed E-state index contributed by atoms with van der Waals surface area (Å²) in [7, 11) is 0. The van der Waals surface area contributed by atoms with Crippen LogP contribution in [0.15, 0.2) is 22.7 Å². The zero-order valence-electron chi connectivity index (χ0n) is 9.81. The second-order valence-corrected chi connectivity index (χ2v) is 6.02. The van der Waals surface area contributed by atoms with Crippen molar-refractivity contribution < 1.29 is 9.18 Å². The van der Waals surface area contributed by atoms with Gasteiger partial charge in [-0.3, -0.25) is 4.79 Å². The minimum atomic E-state index is -0.442. The van der Waals surface area contributed by atoms with Crippen molar-refractivity contribution in [3.8, 4) is 0 Å². The molecule has 0 N–H and O–H groups in total. The molecule has 0 aliphatic heterocycles. The number of Topliss-reactive ketones (excluding diaryl/α,β-unsaturated/α-hetero) is 1. The van der Waals surface area contributed by atoms with E-state index in [-0.39, 0.29) is 16.8 Å². The maximum Gasteiger partial charge on any atom is 0.165 e. The molecule has 0 heterocycles. The summed E-state index contributed by atoms with van der Waals surface area (Å²) in [5.41, 5.74) is 0.275. The molecule has 0 aromatic heterocycles. The van der Waals surface area contributed by atoms with E-state index in [2.05, 4.69) is 36.7 Å². The average Bonchev–Trinajstić information content (AvgIpc) is 2.17. The van der Waals surface area contributed by atoms with Crippen LogP contribution in [0.2, 0.25) is 0 Å². The molecule has 3 heteroatoms. The van der Waals surface area contributed by atoms with Crippen LogP contribution in [0, 0.1) is 11.2 Å². The summed E-state index contributed by atoms with van der Waals surface area (Å²) in [4.78, 5) is 11.8. The minimum absolute atomic E-state index is 0.0954. The van der Waals surface area contributed by atoms with Crippen molar-refractivity contribution in [2.45, 2.75) is 33.6 Å². The number of hydrogen-bond acceptors (Lipinski definition) is 1. The monoisotopic (exact) mass is 286 g/mol. The van der Waals surface area contributed by atoms with Crippen molar-refractivity contribution >= 4 is 21.7 Å². The van der Waals surface area contributed by atoms with Gasteiger partial charge in [0.1, 0.15) is 5.82 Å². The van der Waals surface area contributed by atoms with Crippen LogP contribution < -0.4 is 0 Å². The number of halogens is 2. The average molecular weight is 287 g/mol. The molecule has 0 radical (unpaired) electrons. The first-order chi connectivity index (χ1) is 7.29. The van der Waals surface area contributed by atoms with Gasteiger partial charge in [0.25, 0.3) is 0 Å². The van der Waals surface area contributed by atoms with Gasteiger partial charge in [0.05, 0.1) is 5.56 Å². The number of carbonyl (C=O) groups is 1. The second-order valence-electron chi connectivity index (χ2n) is 5.11. The Morgan fingerprint density at radius 2 is 2.00 bits per heavy atom. The summed E-state index contributed by atoms with van der Waals surface area (Å²) in [5, 5.41) is 0. The smallest absolute Gasteiger partial charge is 0.165 e. The van der Waals surface area contributed by atoms with E-state index in [1.807, 2.05) is 0 Å². The molecule has 0 saturated carbocycles. The molecule has 0 aliphatic carbocycles. The molecule has 1 nitrogen and oxygen atoms in total. The fraction of sp³-hybridized carbons (Fsp3) is 0.462. The molecule has 0 fully saturated rings. The summed E-state index contributed by atoms with van der Waals surface area (Å²) < 4.78 is 14.1. The zero-order valence-corrected chi connectivity index (χ0v) is 11.4. The summed E-state index contributed by atoms with van der Waals surface area (Å²) in [6.45, 7) is 6.20. The Bertz CT molecular complexity index is 393. The molecule has 0 amide bonds. The molecule has 0 atom stereocenters. The van der Waals surface area contributed by atoms with E-state index in [1.54, 1.807) is 12.1 Å². The van der Waals surface area contributed by atoms with Crippen LogP contribution >= 0.6 is 15.9 Å². The van der Waals surface area contributed by atoms with Gasteiger partial charge in [-0.15, -0.1) is 0 Å². The van der Waals surface area contributed by atoms with Gasteiger partial charge < -0.3 is 0 Å². The van der Waals surface area contributed by atoms with Crippen molar-refractivity contribution in [1.82, 2.24) is 0 Å². The molecule has 0 spiro atoms. The van der Waals surface area contributed by atoms with Gasteiger partial charge in [-0.1, -0.05) is 36.7 Å². The molecular weight excluding hydrogens is 271 g/mol. The van der Waals surface area contributed by atoms with Gasteiger partial charge >= 0.3 is 0 Å². The largest absolute Gasteiger partial charge is 0.294 e. The first-order valence-electron chi connectivity index (χ1n) is 5.28. The molecule has 1 rings (SSSR count). The maximum absolute atomic E-state index is 13.4. The summed E-state index contributed by atoms with van der Waals surface area (Å²) in [6.07, 6.45) is 1.15. The Hall–Kier alpha value is -0.700. The zero-order chi connectivity index (χ0) is 12.3. The molecule has 88 valence electrons. The standard InChI is InChI=1S/C13H16BrFO/c1-13(2,3)7-6-12(16)10-8-9(14)4-5-11(10)15/h4-5,8H,6-7H2,1-3H3. The van der Waals surface area contributed by atoms with Crippen LogP contribution in [-0.4, -0.2) is 5.78 Å². The van der Waals surface area contributed by atoms with Gasteiger partial charge in [-0.25, -0.2) is 4.39 Å². The first-order valence-corrected chi connectivity index (χ1v) is 6.07. The number of benzene rings is 1. The number of rotatable bonds is 3. The fourth-order valence-electron chi connectivity index (χ4n) is 1.33. The first kappa shape index (κ1) is 13.4. The molecule has 0 unspecified atom stereocenters. The quantitative estimate of drug-likeness (QED) is 0.743. The van der Waals surface area contributed by atoms with E-state index in [0.29, 0.717) is 6.42 Å². The van der Waals surface area contributed by atoms with Crippen molar-refractivity contribution in [1.29, 1.82) is 0 Å². The van der Waals surface area contributed by atoms with Crippen LogP contribution in [0.5, 0.6) is 0 Å². The Morgan fingerprint density at radius 1 is 1.38 bits per heavy atom. The van der Waals surface area contributed by atoms with Gasteiger partial charge in [-0.05, 0) is 30.0 Å². The van der Waals surface area contributed by atoms with E-state index in [1.165, 1.54) is 6.07 Å². The predicted octanol–water partition coefficient (Wildman–Crippen LogP) is 4.60. The highest BCUT2D eigenvalue weighted by Crippen LogP contribution is 2.23. The third kappa shape index (κ3) is 4.05.